The Labute approximate surface area is 204 Å². The summed E-state index contributed by atoms with van der Waals surface area (Å²) in [7, 11) is 3.91. The van der Waals surface area contributed by atoms with Crippen molar-refractivity contribution in [1.29, 1.82) is 0 Å². The fourth-order valence-corrected chi connectivity index (χ4v) is 3.90. The summed E-state index contributed by atoms with van der Waals surface area (Å²) in [5.74, 6) is 0.859. The summed E-state index contributed by atoms with van der Waals surface area (Å²) < 4.78 is 18.9. The van der Waals surface area contributed by atoms with Gasteiger partial charge in [-0.05, 0) is 63.7 Å². The molecule has 34 heavy (non-hydrogen) atoms. The molecule has 2 heterocycles. The predicted octanol–water partition coefficient (Wildman–Crippen LogP) is 5.44. The van der Waals surface area contributed by atoms with E-state index in [2.05, 4.69) is 32.5 Å². The minimum atomic E-state index is -0.464. The molecule has 0 spiro atoms. The Kier molecular flexibility index (Phi) is 9.18. The highest BCUT2D eigenvalue weighted by atomic mass is 35.5. The Hall–Kier alpha value is -3.23. The maximum absolute atomic E-state index is 13.3. The van der Waals surface area contributed by atoms with Crippen molar-refractivity contribution < 1.29 is 13.9 Å². The van der Waals surface area contributed by atoms with E-state index in [1.165, 1.54) is 31.3 Å². The van der Waals surface area contributed by atoms with Crippen LogP contribution < -0.4 is 15.4 Å². The Balaban J connectivity index is 0.000000271. The van der Waals surface area contributed by atoms with Gasteiger partial charge in [0.1, 0.15) is 30.0 Å². The van der Waals surface area contributed by atoms with Crippen LogP contribution in [0.5, 0.6) is 5.75 Å². The van der Waals surface area contributed by atoms with Crippen molar-refractivity contribution in [2.24, 2.45) is 0 Å². The number of aldehydes is 1. The molecule has 180 valence electrons. The van der Waals surface area contributed by atoms with Gasteiger partial charge in [-0.2, -0.15) is 0 Å². The zero-order chi connectivity index (χ0) is 24.5. The number of likely N-dealkylation sites (N-methyl/N-ethyl adjacent to an activating group) is 1. The highest BCUT2D eigenvalue weighted by Crippen LogP contribution is 2.33. The highest BCUT2D eigenvalue weighted by Gasteiger charge is 2.17. The van der Waals surface area contributed by atoms with Crippen molar-refractivity contribution in [3.63, 3.8) is 0 Å². The molecular weight excluding hydrogens is 457 g/mol. The molecule has 0 radical (unpaired) electrons. The van der Waals surface area contributed by atoms with Gasteiger partial charge in [0, 0.05) is 30.2 Å². The van der Waals surface area contributed by atoms with Crippen LogP contribution in [-0.4, -0.2) is 54.4 Å². The molecule has 3 aromatic rings. The number of fused-ring (bicyclic) bond motifs is 1. The van der Waals surface area contributed by atoms with E-state index in [1.807, 2.05) is 32.2 Å². The van der Waals surface area contributed by atoms with Crippen LogP contribution in [0.25, 0.3) is 10.9 Å². The highest BCUT2D eigenvalue weighted by molar-refractivity contribution is 6.31. The molecule has 9 heteroatoms. The lowest BCUT2D eigenvalue weighted by atomic mass is 10.2. The van der Waals surface area contributed by atoms with Gasteiger partial charge in [-0.25, -0.2) is 14.4 Å². The lowest BCUT2D eigenvalue weighted by Gasteiger charge is -2.13. The summed E-state index contributed by atoms with van der Waals surface area (Å²) in [4.78, 5) is 20.8. The van der Waals surface area contributed by atoms with E-state index >= 15 is 0 Å². The second kappa shape index (κ2) is 12.3. The molecule has 0 aliphatic carbocycles. The minimum Gasteiger partial charge on any atom is -0.492 e. The van der Waals surface area contributed by atoms with Crippen molar-refractivity contribution in [2.75, 3.05) is 37.9 Å². The molecule has 1 aliphatic rings. The number of allylic oxidation sites excluding steroid dienone is 1. The van der Waals surface area contributed by atoms with Crippen LogP contribution in [0.3, 0.4) is 0 Å². The van der Waals surface area contributed by atoms with Gasteiger partial charge in [0.25, 0.3) is 0 Å². The molecule has 2 N–H and O–H groups in total. The van der Waals surface area contributed by atoms with Crippen LogP contribution in [0.2, 0.25) is 5.02 Å². The largest absolute Gasteiger partial charge is 0.492 e. The van der Waals surface area contributed by atoms with Gasteiger partial charge in [0.05, 0.1) is 22.8 Å². The number of carbonyl (C=O) groups excluding carboxylic acids is 1. The topological polar surface area (TPSA) is 79.4 Å². The number of carbonyl (C=O) groups is 1. The quantitative estimate of drug-likeness (QED) is 0.340. The molecule has 1 aromatic heterocycles. The van der Waals surface area contributed by atoms with Gasteiger partial charge in [-0.15, -0.1) is 0 Å². The molecule has 1 saturated heterocycles. The number of anilines is 3. The first-order chi connectivity index (χ1) is 16.5. The number of benzene rings is 2. The van der Waals surface area contributed by atoms with Gasteiger partial charge >= 0.3 is 0 Å². The van der Waals surface area contributed by atoms with Crippen LogP contribution >= 0.6 is 11.6 Å². The molecular formula is C25H29ClFN5O2. The van der Waals surface area contributed by atoms with Gasteiger partial charge in [-0.1, -0.05) is 17.7 Å². The third kappa shape index (κ3) is 6.42. The SMILES string of the molecule is CCOc1cc2ncnc(Nc3ccc(F)c(Cl)c3)c2cc1NC.CN1CCC[C@@H]1/C=C/C=O. The molecule has 4 rings (SSSR count). The van der Waals surface area contributed by atoms with Crippen LogP contribution in [0.15, 0.2) is 48.8 Å². The lowest BCUT2D eigenvalue weighted by molar-refractivity contribution is -0.104. The average molecular weight is 486 g/mol. The number of hydrogen-bond acceptors (Lipinski definition) is 7. The first-order valence-corrected chi connectivity index (χ1v) is 11.5. The molecule has 0 amide bonds. The summed E-state index contributed by atoms with van der Waals surface area (Å²) in [6, 6.07) is 8.69. The van der Waals surface area contributed by atoms with Crippen molar-refractivity contribution in [3.05, 3.63) is 59.7 Å². The molecule has 0 unspecified atom stereocenters. The van der Waals surface area contributed by atoms with E-state index in [0.717, 1.165) is 35.2 Å². The van der Waals surface area contributed by atoms with E-state index in [1.54, 1.807) is 12.1 Å². The number of aromatic nitrogens is 2. The molecule has 2 aromatic carbocycles. The number of ether oxygens (including phenoxy) is 1. The normalized spacial score (nSPS) is 15.7. The fourth-order valence-electron chi connectivity index (χ4n) is 3.72. The zero-order valence-electron chi connectivity index (χ0n) is 19.5. The molecule has 1 atom stereocenters. The summed E-state index contributed by atoms with van der Waals surface area (Å²) in [5.41, 5.74) is 2.21. The second-order valence-electron chi connectivity index (χ2n) is 7.74. The van der Waals surface area contributed by atoms with E-state index in [-0.39, 0.29) is 5.02 Å². The zero-order valence-corrected chi connectivity index (χ0v) is 20.3. The van der Waals surface area contributed by atoms with Gasteiger partial charge < -0.3 is 15.4 Å². The van der Waals surface area contributed by atoms with Crippen molar-refractivity contribution >= 4 is 46.0 Å². The predicted molar refractivity (Wildman–Crippen MR) is 136 cm³/mol. The summed E-state index contributed by atoms with van der Waals surface area (Å²) in [6.45, 7) is 3.65. The second-order valence-corrected chi connectivity index (χ2v) is 8.14. The van der Waals surface area contributed by atoms with Crippen LogP contribution in [0, 0.1) is 5.82 Å². The Morgan fingerprint density at radius 1 is 1.29 bits per heavy atom. The smallest absolute Gasteiger partial charge is 0.144 e. The van der Waals surface area contributed by atoms with Gasteiger partial charge in [0.2, 0.25) is 0 Å². The fraction of sp³-hybridized carbons (Fsp3) is 0.320. The monoisotopic (exact) mass is 485 g/mol. The molecule has 0 saturated carbocycles. The third-order valence-electron chi connectivity index (χ3n) is 5.48. The number of likely N-dealkylation sites (tertiary alicyclic amines) is 1. The molecule has 1 aliphatic heterocycles. The Morgan fingerprint density at radius 2 is 2.12 bits per heavy atom. The number of halogens is 2. The Morgan fingerprint density at radius 3 is 2.76 bits per heavy atom. The first-order valence-electron chi connectivity index (χ1n) is 11.1. The number of hydrogen-bond donors (Lipinski definition) is 2. The third-order valence-corrected chi connectivity index (χ3v) is 5.77. The van der Waals surface area contributed by atoms with Crippen LogP contribution in [0.1, 0.15) is 19.8 Å². The number of nitrogens with one attached hydrogen (secondary N) is 2. The first kappa shape index (κ1) is 25.4. The number of nitrogens with zero attached hydrogens (tertiary/aromatic N) is 3. The van der Waals surface area contributed by atoms with Gasteiger partial charge in [0.15, 0.2) is 0 Å². The van der Waals surface area contributed by atoms with Crippen molar-refractivity contribution in [3.8, 4) is 5.75 Å². The Bertz CT molecular complexity index is 1160. The standard InChI is InChI=1S/C17H16ClFN4O.C8H13NO/c1-3-24-16-8-14-11(7-15(16)20-2)17(22-9-21-14)23-10-4-5-13(19)12(18)6-10;1-9-6-2-4-8(9)5-3-7-10/h4-9,20H,3H2,1-2H3,(H,21,22,23);3,5,7-8H,2,4,6H2,1H3/b;5-3+/t;8-/m.1/s1. The number of rotatable bonds is 7. The summed E-state index contributed by atoms with van der Waals surface area (Å²) in [5, 5.41) is 7.11. The molecule has 1 fully saturated rings. The molecule has 7 nitrogen and oxygen atoms in total. The maximum Gasteiger partial charge on any atom is 0.144 e. The van der Waals surface area contributed by atoms with E-state index < -0.39 is 5.82 Å². The van der Waals surface area contributed by atoms with Crippen molar-refractivity contribution in [2.45, 2.75) is 25.8 Å². The average Bonchev–Trinajstić information content (AvgIpc) is 3.25. The van der Waals surface area contributed by atoms with Crippen LogP contribution in [-0.2, 0) is 4.79 Å². The lowest BCUT2D eigenvalue weighted by Crippen LogP contribution is -2.22. The maximum atomic E-state index is 13.3. The van der Waals surface area contributed by atoms with Gasteiger partial charge in [-0.3, -0.25) is 9.69 Å². The minimum absolute atomic E-state index is 0.0490. The van der Waals surface area contributed by atoms with Crippen molar-refractivity contribution in [1.82, 2.24) is 14.9 Å². The van der Waals surface area contributed by atoms with Crippen LogP contribution in [0.4, 0.5) is 21.6 Å². The van der Waals surface area contributed by atoms with E-state index in [0.29, 0.717) is 24.2 Å². The summed E-state index contributed by atoms with van der Waals surface area (Å²) >= 11 is 5.83. The summed E-state index contributed by atoms with van der Waals surface area (Å²) in [6.07, 6.45) is 8.31. The van der Waals surface area contributed by atoms with E-state index in [9.17, 15) is 9.18 Å². The molecule has 0 bridgehead atoms. The van der Waals surface area contributed by atoms with E-state index in [4.69, 9.17) is 16.3 Å².